The SMILES string of the molecule is CCC1COC(C)CN1S(=O)(=O)C(C)CN. The average Bonchev–Trinajstić information content (AvgIpc) is 2.27. The molecule has 0 aliphatic carbocycles. The molecule has 1 rings (SSSR count). The van der Waals surface area contributed by atoms with E-state index in [0.29, 0.717) is 13.2 Å². The van der Waals surface area contributed by atoms with Gasteiger partial charge in [0.05, 0.1) is 18.0 Å². The second-order valence-electron chi connectivity index (χ2n) is 4.37. The number of morpholine rings is 1. The Bertz CT molecular complexity index is 318. The van der Waals surface area contributed by atoms with Gasteiger partial charge in [-0.25, -0.2) is 8.42 Å². The van der Waals surface area contributed by atoms with E-state index in [4.69, 9.17) is 10.5 Å². The molecule has 0 aromatic carbocycles. The van der Waals surface area contributed by atoms with E-state index in [1.165, 1.54) is 0 Å². The summed E-state index contributed by atoms with van der Waals surface area (Å²) in [5.74, 6) is 0. The predicted octanol–water partition coefficient (Wildman–Crippen LogP) is 0.163. The highest BCUT2D eigenvalue weighted by molar-refractivity contribution is 7.89. The number of rotatable bonds is 4. The van der Waals surface area contributed by atoms with E-state index in [9.17, 15) is 8.42 Å². The van der Waals surface area contributed by atoms with Crippen molar-refractivity contribution in [2.45, 2.75) is 44.6 Å². The molecule has 1 fully saturated rings. The third-order valence-electron chi connectivity index (χ3n) is 3.06. The second kappa shape index (κ2) is 5.44. The molecule has 1 aliphatic rings. The molecule has 0 aromatic heterocycles. The number of nitrogens with two attached hydrogens (primary N) is 1. The molecule has 0 bridgehead atoms. The largest absolute Gasteiger partial charge is 0.375 e. The molecule has 0 saturated carbocycles. The Hall–Kier alpha value is -0.170. The lowest BCUT2D eigenvalue weighted by Gasteiger charge is -2.38. The van der Waals surface area contributed by atoms with Crippen LogP contribution in [-0.4, -0.2) is 49.8 Å². The van der Waals surface area contributed by atoms with Crippen LogP contribution in [0.2, 0.25) is 0 Å². The summed E-state index contributed by atoms with van der Waals surface area (Å²) in [5, 5.41) is -0.521. The monoisotopic (exact) mass is 250 g/mol. The minimum atomic E-state index is -3.28. The van der Waals surface area contributed by atoms with Crippen molar-refractivity contribution in [3.05, 3.63) is 0 Å². The first-order chi connectivity index (χ1) is 7.43. The van der Waals surface area contributed by atoms with E-state index in [0.717, 1.165) is 6.42 Å². The zero-order valence-corrected chi connectivity index (χ0v) is 11.0. The summed E-state index contributed by atoms with van der Waals surface area (Å²) in [5.41, 5.74) is 5.45. The van der Waals surface area contributed by atoms with Gasteiger partial charge in [0, 0.05) is 19.1 Å². The van der Waals surface area contributed by atoms with Crippen LogP contribution in [0.5, 0.6) is 0 Å². The van der Waals surface area contributed by atoms with Crippen LogP contribution in [0.1, 0.15) is 27.2 Å². The summed E-state index contributed by atoms with van der Waals surface area (Å²) >= 11 is 0. The first kappa shape index (κ1) is 13.9. The first-order valence-electron chi connectivity index (χ1n) is 5.75. The lowest BCUT2D eigenvalue weighted by molar-refractivity contribution is -0.0232. The summed E-state index contributed by atoms with van der Waals surface area (Å²) in [4.78, 5) is 0. The predicted molar refractivity (Wildman–Crippen MR) is 63.6 cm³/mol. The zero-order valence-electron chi connectivity index (χ0n) is 10.2. The van der Waals surface area contributed by atoms with Crippen LogP contribution >= 0.6 is 0 Å². The number of nitrogens with zero attached hydrogens (tertiary/aromatic N) is 1. The van der Waals surface area contributed by atoms with Crippen molar-refractivity contribution in [1.82, 2.24) is 4.31 Å². The normalized spacial score (nSPS) is 30.2. The van der Waals surface area contributed by atoms with Crippen LogP contribution in [-0.2, 0) is 14.8 Å². The third kappa shape index (κ3) is 2.74. The molecule has 0 amide bonds. The lowest BCUT2D eigenvalue weighted by Crippen LogP contribution is -2.54. The van der Waals surface area contributed by atoms with Crippen LogP contribution in [0.4, 0.5) is 0 Å². The van der Waals surface area contributed by atoms with Gasteiger partial charge in [-0.2, -0.15) is 4.31 Å². The fourth-order valence-corrected chi connectivity index (χ4v) is 3.55. The summed E-state index contributed by atoms with van der Waals surface area (Å²) in [6, 6.07) is -0.0461. The molecule has 1 aliphatic heterocycles. The van der Waals surface area contributed by atoms with Crippen LogP contribution in [0.15, 0.2) is 0 Å². The minimum absolute atomic E-state index is 0.0393. The molecule has 16 heavy (non-hydrogen) atoms. The standard InChI is InChI=1S/C10H22N2O3S/c1-4-10-7-15-8(2)6-12(10)16(13,14)9(3)5-11/h8-10H,4-7,11H2,1-3H3. The van der Waals surface area contributed by atoms with Gasteiger partial charge in [0.1, 0.15) is 0 Å². The molecule has 0 spiro atoms. The minimum Gasteiger partial charge on any atom is -0.375 e. The van der Waals surface area contributed by atoms with Crippen LogP contribution in [0.3, 0.4) is 0 Å². The van der Waals surface area contributed by atoms with E-state index in [1.807, 2.05) is 13.8 Å². The molecule has 3 atom stereocenters. The molecule has 0 aromatic rings. The molecule has 96 valence electrons. The second-order valence-corrected chi connectivity index (χ2v) is 6.67. The molecule has 1 heterocycles. The van der Waals surface area contributed by atoms with E-state index >= 15 is 0 Å². The Balaban J connectivity index is 2.89. The topological polar surface area (TPSA) is 72.6 Å². The van der Waals surface area contributed by atoms with Crippen molar-refractivity contribution in [2.24, 2.45) is 5.73 Å². The van der Waals surface area contributed by atoms with Gasteiger partial charge in [-0.3, -0.25) is 0 Å². The summed E-state index contributed by atoms with van der Waals surface area (Å²) in [6.45, 7) is 6.59. The average molecular weight is 250 g/mol. The van der Waals surface area contributed by atoms with Gasteiger partial charge < -0.3 is 10.5 Å². The summed E-state index contributed by atoms with van der Waals surface area (Å²) in [6.07, 6.45) is 0.728. The van der Waals surface area contributed by atoms with Crippen molar-refractivity contribution in [3.8, 4) is 0 Å². The van der Waals surface area contributed by atoms with Gasteiger partial charge >= 0.3 is 0 Å². The number of ether oxygens (including phenoxy) is 1. The highest BCUT2D eigenvalue weighted by Gasteiger charge is 2.36. The van der Waals surface area contributed by atoms with Gasteiger partial charge in [-0.05, 0) is 20.3 Å². The van der Waals surface area contributed by atoms with E-state index in [1.54, 1.807) is 11.2 Å². The molecular weight excluding hydrogens is 228 g/mol. The van der Waals surface area contributed by atoms with Gasteiger partial charge in [0.15, 0.2) is 0 Å². The van der Waals surface area contributed by atoms with E-state index < -0.39 is 15.3 Å². The Morgan fingerprint density at radius 3 is 2.69 bits per heavy atom. The Labute approximate surface area is 98.0 Å². The van der Waals surface area contributed by atoms with E-state index in [2.05, 4.69) is 0 Å². The Morgan fingerprint density at radius 1 is 1.56 bits per heavy atom. The van der Waals surface area contributed by atoms with E-state index in [-0.39, 0.29) is 18.7 Å². The Kier molecular flexibility index (Phi) is 4.73. The number of hydrogen-bond donors (Lipinski definition) is 1. The smallest absolute Gasteiger partial charge is 0.218 e. The highest BCUT2D eigenvalue weighted by Crippen LogP contribution is 2.20. The molecule has 2 N–H and O–H groups in total. The first-order valence-corrected chi connectivity index (χ1v) is 7.26. The number of sulfonamides is 1. The van der Waals surface area contributed by atoms with Crippen molar-refractivity contribution >= 4 is 10.0 Å². The third-order valence-corrected chi connectivity index (χ3v) is 5.37. The van der Waals surface area contributed by atoms with Gasteiger partial charge in [0.2, 0.25) is 10.0 Å². The van der Waals surface area contributed by atoms with Crippen LogP contribution in [0.25, 0.3) is 0 Å². The van der Waals surface area contributed by atoms with Crippen LogP contribution in [0, 0.1) is 0 Å². The van der Waals surface area contributed by atoms with Crippen LogP contribution < -0.4 is 5.73 Å². The molecule has 6 heteroatoms. The fourth-order valence-electron chi connectivity index (χ4n) is 1.80. The maximum atomic E-state index is 12.2. The van der Waals surface area contributed by atoms with Crippen molar-refractivity contribution < 1.29 is 13.2 Å². The van der Waals surface area contributed by atoms with Gasteiger partial charge in [0.25, 0.3) is 0 Å². The maximum absolute atomic E-state index is 12.2. The fraction of sp³-hybridized carbons (Fsp3) is 1.00. The van der Waals surface area contributed by atoms with Crippen molar-refractivity contribution in [1.29, 1.82) is 0 Å². The van der Waals surface area contributed by atoms with Gasteiger partial charge in [-0.15, -0.1) is 0 Å². The quantitative estimate of drug-likeness (QED) is 0.771. The highest BCUT2D eigenvalue weighted by atomic mass is 32.2. The molecule has 1 saturated heterocycles. The lowest BCUT2D eigenvalue weighted by atomic mass is 10.2. The molecule has 5 nitrogen and oxygen atoms in total. The summed E-state index contributed by atoms with van der Waals surface area (Å²) < 4.78 is 31.5. The maximum Gasteiger partial charge on any atom is 0.218 e. The summed E-state index contributed by atoms with van der Waals surface area (Å²) in [7, 11) is -3.28. The van der Waals surface area contributed by atoms with Crippen molar-refractivity contribution in [2.75, 3.05) is 19.7 Å². The van der Waals surface area contributed by atoms with Gasteiger partial charge in [-0.1, -0.05) is 6.92 Å². The molecule has 3 unspecified atom stereocenters. The molecular formula is C10H22N2O3S. The number of hydrogen-bond acceptors (Lipinski definition) is 4. The van der Waals surface area contributed by atoms with Crippen molar-refractivity contribution in [3.63, 3.8) is 0 Å². The molecule has 0 radical (unpaired) electrons. The zero-order chi connectivity index (χ0) is 12.3. The Morgan fingerprint density at radius 2 is 2.19 bits per heavy atom.